The van der Waals surface area contributed by atoms with Gasteiger partial charge in [-0.05, 0) is 32.8 Å². The van der Waals surface area contributed by atoms with E-state index in [1.165, 1.54) is 11.8 Å². The lowest BCUT2D eigenvalue weighted by Gasteiger charge is -2.23. The molecule has 1 amide bonds. The van der Waals surface area contributed by atoms with Crippen molar-refractivity contribution in [2.75, 3.05) is 0 Å². The Morgan fingerprint density at radius 1 is 1.22 bits per heavy atom. The Morgan fingerprint density at radius 2 is 1.87 bits per heavy atom. The lowest BCUT2D eigenvalue weighted by molar-refractivity contribution is -0.113. The molecule has 0 heterocycles. The van der Waals surface area contributed by atoms with Crippen molar-refractivity contribution in [1.82, 2.24) is 5.32 Å². The summed E-state index contributed by atoms with van der Waals surface area (Å²) < 4.78 is 5.25. The molecule has 1 unspecified atom stereocenters. The van der Waals surface area contributed by atoms with E-state index in [1.807, 2.05) is 30.3 Å². The largest absolute Gasteiger partial charge is 0.444 e. The molecule has 23 heavy (non-hydrogen) atoms. The Kier molecular flexibility index (Phi) is 8.17. The van der Waals surface area contributed by atoms with Crippen LogP contribution in [0.3, 0.4) is 0 Å². The molecule has 128 valence electrons. The van der Waals surface area contributed by atoms with Crippen molar-refractivity contribution in [3.8, 4) is 0 Å². The number of benzene rings is 1. The number of alkyl carbamates (subject to hydrolysis) is 1. The van der Waals surface area contributed by atoms with Crippen LogP contribution in [0, 0.1) is 0 Å². The van der Waals surface area contributed by atoms with E-state index in [-0.39, 0.29) is 5.12 Å². The van der Waals surface area contributed by atoms with Gasteiger partial charge in [0.05, 0.1) is 0 Å². The SMILES string of the molecule is CCCCC(NC(=O)OC(C)(C)C)C(=O)SCc1ccccc1. The van der Waals surface area contributed by atoms with Gasteiger partial charge in [-0.3, -0.25) is 4.79 Å². The second kappa shape index (κ2) is 9.60. The third-order valence-electron chi connectivity index (χ3n) is 3.05. The molecule has 4 nitrogen and oxygen atoms in total. The van der Waals surface area contributed by atoms with Crippen molar-refractivity contribution in [2.24, 2.45) is 0 Å². The van der Waals surface area contributed by atoms with Gasteiger partial charge in [0, 0.05) is 5.75 Å². The predicted molar refractivity (Wildman–Crippen MR) is 95.4 cm³/mol. The smallest absolute Gasteiger partial charge is 0.408 e. The summed E-state index contributed by atoms with van der Waals surface area (Å²) in [6, 6.07) is 9.33. The first-order valence-corrected chi connectivity index (χ1v) is 9.00. The first-order chi connectivity index (χ1) is 10.8. The van der Waals surface area contributed by atoms with Gasteiger partial charge in [-0.2, -0.15) is 0 Å². The Balaban J connectivity index is 2.57. The molecule has 1 aromatic rings. The number of amides is 1. The second-order valence-corrected chi connectivity index (χ2v) is 7.41. The van der Waals surface area contributed by atoms with Crippen LogP contribution in [0.2, 0.25) is 0 Å². The van der Waals surface area contributed by atoms with Gasteiger partial charge in [0.15, 0.2) is 0 Å². The van der Waals surface area contributed by atoms with Gasteiger partial charge < -0.3 is 10.1 Å². The summed E-state index contributed by atoms with van der Waals surface area (Å²) in [5.74, 6) is 0.609. The molecular formula is C18H27NO3S. The number of unbranched alkanes of at least 4 members (excludes halogenated alkanes) is 1. The molecule has 0 aliphatic carbocycles. The maximum atomic E-state index is 12.4. The van der Waals surface area contributed by atoms with E-state index in [1.54, 1.807) is 20.8 Å². The van der Waals surface area contributed by atoms with E-state index < -0.39 is 17.7 Å². The minimum Gasteiger partial charge on any atom is -0.444 e. The average molecular weight is 337 g/mol. The maximum absolute atomic E-state index is 12.4. The van der Waals surface area contributed by atoms with E-state index in [9.17, 15) is 9.59 Å². The monoisotopic (exact) mass is 337 g/mol. The van der Waals surface area contributed by atoms with Crippen molar-refractivity contribution in [3.63, 3.8) is 0 Å². The van der Waals surface area contributed by atoms with Crippen LogP contribution in [0.5, 0.6) is 0 Å². The quantitative estimate of drug-likeness (QED) is 0.794. The molecule has 1 N–H and O–H groups in total. The van der Waals surface area contributed by atoms with Gasteiger partial charge in [0.25, 0.3) is 0 Å². The molecule has 0 spiro atoms. The number of rotatable bonds is 7. The van der Waals surface area contributed by atoms with E-state index >= 15 is 0 Å². The van der Waals surface area contributed by atoms with Crippen molar-refractivity contribution >= 4 is 23.0 Å². The minimum absolute atomic E-state index is 0.0202. The summed E-state index contributed by atoms with van der Waals surface area (Å²) in [7, 11) is 0. The average Bonchev–Trinajstić information content (AvgIpc) is 2.48. The molecule has 0 fully saturated rings. The zero-order chi connectivity index (χ0) is 17.3. The van der Waals surface area contributed by atoms with Gasteiger partial charge in [0.1, 0.15) is 11.6 Å². The zero-order valence-electron chi connectivity index (χ0n) is 14.4. The summed E-state index contributed by atoms with van der Waals surface area (Å²) >= 11 is 1.24. The van der Waals surface area contributed by atoms with Crippen LogP contribution in [0.15, 0.2) is 30.3 Å². The minimum atomic E-state index is -0.570. The maximum Gasteiger partial charge on any atom is 0.408 e. The van der Waals surface area contributed by atoms with Gasteiger partial charge >= 0.3 is 6.09 Å². The highest BCUT2D eigenvalue weighted by atomic mass is 32.2. The first kappa shape index (κ1) is 19.6. The van der Waals surface area contributed by atoms with Crippen LogP contribution in [-0.4, -0.2) is 22.9 Å². The molecule has 0 bridgehead atoms. The second-order valence-electron chi connectivity index (χ2n) is 6.43. The number of carbonyl (C=O) groups excluding carboxylic acids is 2. The number of nitrogens with one attached hydrogen (secondary N) is 1. The van der Waals surface area contributed by atoms with Crippen LogP contribution in [0.1, 0.15) is 52.5 Å². The summed E-state index contributed by atoms with van der Waals surface area (Å²) in [4.78, 5) is 24.3. The normalized spacial score (nSPS) is 12.5. The highest BCUT2D eigenvalue weighted by Gasteiger charge is 2.24. The predicted octanol–water partition coefficient (Wildman–Crippen LogP) is 4.53. The van der Waals surface area contributed by atoms with Gasteiger partial charge in [-0.15, -0.1) is 0 Å². The van der Waals surface area contributed by atoms with Crippen molar-refractivity contribution < 1.29 is 14.3 Å². The van der Waals surface area contributed by atoms with Gasteiger partial charge in [-0.1, -0.05) is 61.9 Å². The van der Waals surface area contributed by atoms with E-state index in [0.717, 1.165) is 18.4 Å². The molecule has 0 aliphatic rings. The molecule has 5 heteroatoms. The van der Waals surface area contributed by atoms with Crippen LogP contribution < -0.4 is 5.32 Å². The van der Waals surface area contributed by atoms with Crippen LogP contribution >= 0.6 is 11.8 Å². The van der Waals surface area contributed by atoms with Crippen LogP contribution in [-0.2, 0) is 15.3 Å². The summed E-state index contributed by atoms with van der Waals surface area (Å²) in [5, 5.41) is 2.69. The van der Waals surface area contributed by atoms with Crippen molar-refractivity contribution in [2.45, 2.75) is 64.4 Å². The molecule has 0 saturated heterocycles. The first-order valence-electron chi connectivity index (χ1n) is 8.02. The lowest BCUT2D eigenvalue weighted by Crippen LogP contribution is -2.42. The fourth-order valence-corrected chi connectivity index (χ4v) is 2.82. The summed E-state index contributed by atoms with van der Waals surface area (Å²) in [5.41, 5.74) is 0.525. The van der Waals surface area contributed by atoms with Crippen molar-refractivity contribution in [1.29, 1.82) is 0 Å². The van der Waals surface area contributed by atoms with E-state index in [4.69, 9.17) is 4.74 Å². The number of hydrogen-bond acceptors (Lipinski definition) is 4. The van der Waals surface area contributed by atoms with E-state index in [2.05, 4.69) is 12.2 Å². The molecule has 0 radical (unpaired) electrons. The number of ether oxygens (including phenoxy) is 1. The fourth-order valence-electron chi connectivity index (χ4n) is 1.94. The number of thioether (sulfide) groups is 1. The summed E-state index contributed by atoms with van der Waals surface area (Å²) in [6.07, 6.45) is 1.96. The Labute approximate surface area is 143 Å². The lowest BCUT2D eigenvalue weighted by atomic mass is 10.1. The van der Waals surface area contributed by atoms with Gasteiger partial charge in [0.2, 0.25) is 5.12 Å². The van der Waals surface area contributed by atoms with Crippen LogP contribution in [0.4, 0.5) is 4.79 Å². The molecular weight excluding hydrogens is 310 g/mol. The third-order valence-corrected chi connectivity index (χ3v) is 4.09. The van der Waals surface area contributed by atoms with Crippen molar-refractivity contribution in [3.05, 3.63) is 35.9 Å². The highest BCUT2D eigenvalue weighted by Crippen LogP contribution is 2.17. The molecule has 1 aromatic carbocycles. The number of hydrogen-bond donors (Lipinski definition) is 1. The van der Waals surface area contributed by atoms with E-state index in [0.29, 0.717) is 12.2 Å². The third kappa shape index (κ3) is 8.65. The standard InChI is InChI=1S/C18H27NO3S/c1-5-6-12-15(19-17(21)22-18(2,3)4)16(20)23-13-14-10-8-7-9-11-14/h7-11,15H,5-6,12-13H2,1-4H3,(H,19,21). The van der Waals surface area contributed by atoms with Gasteiger partial charge in [-0.25, -0.2) is 4.79 Å². The molecule has 1 rings (SSSR count). The topological polar surface area (TPSA) is 55.4 Å². The Bertz CT molecular complexity index is 497. The molecule has 1 atom stereocenters. The molecule has 0 aliphatic heterocycles. The fraction of sp³-hybridized carbons (Fsp3) is 0.556. The Morgan fingerprint density at radius 3 is 2.43 bits per heavy atom. The van der Waals surface area contributed by atoms with Crippen LogP contribution in [0.25, 0.3) is 0 Å². The molecule has 0 saturated carbocycles. The highest BCUT2D eigenvalue weighted by molar-refractivity contribution is 8.13. The Hall–Kier alpha value is -1.49. The zero-order valence-corrected chi connectivity index (χ0v) is 15.2. The number of carbonyl (C=O) groups is 2. The molecule has 0 aromatic heterocycles. The summed E-state index contributed by atoms with van der Waals surface area (Å²) in [6.45, 7) is 7.48.